The zero-order valence-electron chi connectivity index (χ0n) is 14.6. The molecule has 3 unspecified atom stereocenters. The van der Waals surface area contributed by atoms with Gasteiger partial charge in [0, 0.05) is 31.9 Å². The molecular weight excluding hydrogens is 318 g/mol. The van der Waals surface area contributed by atoms with Gasteiger partial charge in [0.1, 0.15) is 6.10 Å². The third-order valence-corrected chi connectivity index (χ3v) is 4.88. The molecule has 1 aliphatic heterocycles. The zero-order chi connectivity index (χ0) is 17.7. The Kier molecular flexibility index (Phi) is 13.2. The van der Waals surface area contributed by atoms with Crippen molar-refractivity contribution < 1.29 is 27.9 Å². The molecule has 7 nitrogen and oxygen atoms in total. The van der Waals surface area contributed by atoms with Crippen LogP contribution in [0.15, 0.2) is 12.7 Å². The lowest BCUT2D eigenvalue weighted by Crippen LogP contribution is -2.55. The van der Waals surface area contributed by atoms with Gasteiger partial charge in [-0.1, -0.05) is 6.58 Å². The average molecular weight is 350 g/mol. The van der Waals surface area contributed by atoms with E-state index in [1.165, 1.54) is 0 Å². The van der Waals surface area contributed by atoms with Crippen molar-refractivity contribution in [2.24, 2.45) is 0 Å². The van der Waals surface area contributed by atoms with Crippen LogP contribution in [0.5, 0.6) is 0 Å². The van der Waals surface area contributed by atoms with Crippen molar-refractivity contribution in [3.8, 4) is 0 Å². The molecule has 136 valence electrons. The maximum atomic E-state index is 10.9. The lowest BCUT2D eigenvalue weighted by Gasteiger charge is -2.35. The van der Waals surface area contributed by atoms with E-state index in [4.69, 9.17) is 18.0 Å². The first-order valence-electron chi connectivity index (χ1n) is 8.09. The van der Waals surface area contributed by atoms with Gasteiger partial charge in [0.05, 0.1) is 6.10 Å². The van der Waals surface area contributed by atoms with Crippen LogP contribution in [0.3, 0.4) is 0 Å². The van der Waals surface area contributed by atoms with Gasteiger partial charge in [-0.05, 0) is 40.7 Å². The molecule has 0 aromatic heterocycles. The highest BCUT2D eigenvalue weighted by molar-refractivity contribution is 6.36. The monoisotopic (exact) mass is 349 g/mol. The summed E-state index contributed by atoms with van der Waals surface area (Å²) in [5.74, 6) is -0.486. The normalized spacial score (nSPS) is 19.1. The number of aliphatic hydroxyl groups excluding tert-OH is 1. The summed E-state index contributed by atoms with van der Waals surface area (Å²) in [7, 11) is -1.73. The van der Waals surface area contributed by atoms with Crippen LogP contribution in [0.1, 0.15) is 34.1 Å². The summed E-state index contributed by atoms with van der Waals surface area (Å²) in [6.45, 7) is 13.7. The second-order valence-electron chi connectivity index (χ2n) is 4.85. The summed E-state index contributed by atoms with van der Waals surface area (Å²) in [5, 5.41) is 12.4. The molecule has 3 atom stereocenters. The summed E-state index contributed by atoms with van der Waals surface area (Å²) in [6, 6.07) is 0.0869. The van der Waals surface area contributed by atoms with Gasteiger partial charge in [0.25, 0.3) is 0 Å². The van der Waals surface area contributed by atoms with E-state index in [1.807, 2.05) is 20.8 Å². The van der Waals surface area contributed by atoms with Crippen molar-refractivity contribution in [2.75, 3.05) is 26.4 Å². The van der Waals surface area contributed by atoms with Gasteiger partial charge in [-0.3, -0.25) is 0 Å². The Morgan fingerprint density at radius 1 is 1.30 bits per heavy atom. The second-order valence-corrected chi connectivity index (χ2v) is 6.43. The summed E-state index contributed by atoms with van der Waals surface area (Å²) in [4.78, 5) is 10.9. The van der Waals surface area contributed by atoms with Crippen molar-refractivity contribution in [2.45, 2.75) is 52.4 Å². The van der Waals surface area contributed by atoms with Gasteiger partial charge in [-0.2, -0.15) is 0 Å². The molecule has 1 rings (SSSR count). The maximum absolute atomic E-state index is 10.9. The summed E-state index contributed by atoms with van der Waals surface area (Å²) in [6.07, 6.45) is 0.926. The Balaban J connectivity index is 0.000000438. The predicted octanol–water partition coefficient (Wildman–Crippen LogP) is 0.640. The van der Waals surface area contributed by atoms with Crippen LogP contribution in [0, 0.1) is 0 Å². The van der Waals surface area contributed by atoms with Gasteiger partial charge >= 0.3 is 15.5 Å². The molecule has 1 heterocycles. The Morgan fingerprint density at radius 2 is 1.78 bits per heavy atom. The first-order chi connectivity index (χ1) is 11.0. The Morgan fingerprint density at radius 3 is 2.04 bits per heavy atom. The summed E-state index contributed by atoms with van der Waals surface area (Å²) in [5.41, 5.74) is 0. The van der Waals surface area contributed by atoms with Crippen molar-refractivity contribution in [3.63, 3.8) is 0 Å². The topological polar surface area (TPSA) is 86.3 Å². The fourth-order valence-electron chi connectivity index (χ4n) is 1.84. The highest BCUT2D eigenvalue weighted by atomic mass is 28.3. The largest absolute Gasteiger partial charge is 0.484 e. The highest BCUT2D eigenvalue weighted by Crippen LogP contribution is 2.14. The molecule has 0 bridgehead atoms. The lowest BCUT2D eigenvalue weighted by atomic mass is 9.97. The van der Waals surface area contributed by atoms with Gasteiger partial charge in [0.15, 0.2) is 0 Å². The minimum Gasteiger partial charge on any atom is -0.455 e. The zero-order valence-corrected chi connectivity index (χ0v) is 15.8. The fourth-order valence-corrected chi connectivity index (χ4v) is 2.95. The van der Waals surface area contributed by atoms with E-state index in [1.54, 1.807) is 6.92 Å². The van der Waals surface area contributed by atoms with Crippen molar-refractivity contribution >= 4 is 15.5 Å². The standard InChI is InChI=1S/C9H15NO3.C6H16O3Si/c1-3-8(12)13-9(6(2)11)7-4-5-10-7;1-4-7-10(8-5-2)9-6-3/h3,6-7,9-11H,1,4-5H2,2H3;10H,4-6H2,1-3H3. The van der Waals surface area contributed by atoms with E-state index >= 15 is 0 Å². The second kappa shape index (κ2) is 13.6. The van der Waals surface area contributed by atoms with Crippen molar-refractivity contribution in [3.05, 3.63) is 12.7 Å². The Bertz CT molecular complexity index is 311. The van der Waals surface area contributed by atoms with E-state index < -0.39 is 27.7 Å². The van der Waals surface area contributed by atoms with E-state index in [9.17, 15) is 9.90 Å². The number of carbonyl (C=O) groups is 1. The molecule has 23 heavy (non-hydrogen) atoms. The van der Waals surface area contributed by atoms with Gasteiger partial charge in [-0.25, -0.2) is 4.79 Å². The lowest BCUT2D eigenvalue weighted by molar-refractivity contribution is -0.152. The molecule has 0 amide bonds. The van der Waals surface area contributed by atoms with Crippen LogP contribution in [-0.4, -0.2) is 65.2 Å². The van der Waals surface area contributed by atoms with Crippen LogP contribution in [0.4, 0.5) is 0 Å². The number of aliphatic hydroxyl groups is 1. The smallest absolute Gasteiger partial charge is 0.455 e. The molecule has 0 aliphatic carbocycles. The highest BCUT2D eigenvalue weighted by Gasteiger charge is 2.32. The van der Waals surface area contributed by atoms with Crippen LogP contribution >= 0.6 is 0 Å². The first kappa shape index (κ1) is 22.2. The fraction of sp³-hybridized carbons (Fsp3) is 0.800. The molecule has 0 spiro atoms. The molecule has 1 saturated heterocycles. The van der Waals surface area contributed by atoms with Crippen LogP contribution < -0.4 is 5.32 Å². The maximum Gasteiger partial charge on any atom is 0.484 e. The number of hydrogen-bond donors (Lipinski definition) is 2. The molecule has 0 aromatic rings. The molecule has 2 N–H and O–H groups in total. The van der Waals surface area contributed by atoms with Gasteiger partial charge in [-0.15, -0.1) is 0 Å². The number of nitrogens with one attached hydrogen (secondary N) is 1. The SMILES string of the molecule is C=CC(=O)OC(C(C)O)C1CCN1.CCO[SiH](OCC)OCC. The Labute approximate surface area is 140 Å². The van der Waals surface area contributed by atoms with Crippen molar-refractivity contribution in [1.82, 2.24) is 5.32 Å². The van der Waals surface area contributed by atoms with Crippen LogP contribution in [-0.2, 0) is 22.8 Å². The average Bonchev–Trinajstić information content (AvgIpc) is 2.46. The minimum atomic E-state index is -1.73. The van der Waals surface area contributed by atoms with Gasteiger partial charge in [0.2, 0.25) is 0 Å². The van der Waals surface area contributed by atoms with E-state index in [0.29, 0.717) is 19.8 Å². The summed E-state index contributed by atoms with van der Waals surface area (Å²) >= 11 is 0. The number of ether oxygens (including phenoxy) is 1. The van der Waals surface area contributed by atoms with E-state index in [0.717, 1.165) is 19.0 Å². The molecule has 8 heteroatoms. The van der Waals surface area contributed by atoms with Crippen LogP contribution in [0.2, 0.25) is 0 Å². The molecule has 1 aliphatic rings. The minimum absolute atomic E-state index is 0.0869. The first-order valence-corrected chi connectivity index (χ1v) is 9.50. The quantitative estimate of drug-likeness (QED) is 0.340. The molecule has 0 aromatic carbocycles. The van der Waals surface area contributed by atoms with E-state index in [2.05, 4.69) is 11.9 Å². The molecule has 1 fully saturated rings. The van der Waals surface area contributed by atoms with Gasteiger partial charge < -0.3 is 28.4 Å². The Hall–Kier alpha value is -0.773. The van der Waals surface area contributed by atoms with E-state index in [-0.39, 0.29) is 6.04 Å². The number of hydrogen-bond acceptors (Lipinski definition) is 7. The number of esters is 1. The molecule has 0 radical (unpaired) electrons. The van der Waals surface area contributed by atoms with Crippen LogP contribution in [0.25, 0.3) is 0 Å². The third-order valence-electron chi connectivity index (χ3n) is 3.06. The number of rotatable bonds is 10. The summed E-state index contributed by atoms with van der Waals surface area (Å²) < 4.78 is 20.6. The third kappa shape index (κ3) is 9.85. The molecular formula is C15H31NO6Si. The van der Waals surface area contributed by atoms with Crippen molar-refractivity contribution in [1.29, 1.82) is 0 Å². The number of carbonyl (C=O) groups excluding carboxylic acids is 1. The predicted molar refractivity (Wildman–Crippen MR) is 90.2 cm³/mol. The molecule has 0 saturated carbocycles.